The number of piperazine rings is 1. The van der Waals surface area contributed by atoms with Crippen LogP contribution < -0.4 is 10.2 Å². The van der Waals surface area contributed by atoms with Crippen LogP contribution in [0.15, 0.2) is 22.7 Å². The fraction of sp³-hybridized carbons (Fsp3) is 0.600. The van der Waals surface area contributed by atoms with E-state index in [4.69, 9.17) is 11.6 Å². The SMILES string of the molecule is CC1CNC2(CCCC2)CN1c1cc(Br)ccc1Cl. The summed E-state index contributed by atoms with van der Waals surface area (Å²) in [5.74, 6) is 0. The lowest BCUT2D eigenvalue weighted by molar-refractivity contribution is 0.276. The maximum atomic E-state index is 6.41. The van der Waals surface area contributed by atoms with Crippen molar-refractivity contribution in [2.75, 3.05) is 18.0 Å². The summed E-state index contributed by atoms with van der Waals surface area (Å²) in [6, 6.07) is 6.62. The number of hydrogen-bond acceptors (Lipinski definition) is 2. The van der Waals surface area contributed by atoms with E-state index in [-0.39, 0.29) is 0 Å². The van der Waals surface area contributed by atoms with E-state index < -0.39 is 0 Å². The summed E-state index contributed by atoms with van der Waals surface area (Å²) in [7, 11) is 0. The Balaban J connectivity index is 1.91. The van der Waals surface area contributed by atoms with Crippen LogP contribution in [-0.2, 0) is 0 Å². The van der Waals surface area contributed by atoms with E-state index in [1.165, 1.54) is 25.7 Å². The van der Waals surface area contributed by atoms with E-state index in [0.717, 1.165) is 28.3 Å². The van der Waals surface area contributed by atoms with Crippen LogP contribution in [0.25, 0.3) is 0 Å². The molecule has 1 aliphatic carbocycles. The third-order valence-electron chi connectivity index (χ3n) is 4.56. The van der Waals surface area contributed by atoms with Gasteiger partial charge in [-0.2, -0.15) is 0 Å². The largest absolute Gasteiger partial charge is 0.364 e. The molecule has 0 aromatic heterocycles. The molecule has 0 bridgehead atoms. The van der Waals surface area contributed by atoms with Crippen LogP contribution in [0.1, 0.15) is 32.6 Å². The normalized spacial score (nSPS) is 26.1. The molecule has 2 fully saturated rings. The molecule has 104 valence electrons. The third-order valence-corrected chi connectivity index (χ3v) is 5.37. The molecule has 1 atom stereocenters. The monoisotopic (exact) mass is 342 g/mol. The van der Waals surface area contributed by atoms with Gasteiger partial charge in [0.05, 0.1) is 10.7 Å². The summed E-state index contributed by atoms with van der Waals surface area (Å²) in [4.78, 5) is 2.48. The molecule has 1 aromatic carbocycles. The molecule has 1 saturated heterocycles. The Morgan fingerprint density at radius 2 is 2.11 bits per heavy atom. The van der Waals surface area contributed by atoms with Gasteiger partial charge in [0.1, 0.15) is 0 Å². The minimum Gasteiger partial charge on any atom is -0.364 e. The van der Waals surface area contributed by atoms with E-state index in [9.17, 15) is 0 Å². The molecular weight excluding hydrogens is 324 g/mol. The maximum absolute atomic E-state index is 6.41. The number of nitrogens with one attached hydrogen (secondary N) is 1. The highest BCUT2D eigenvalue weighted by Crippen LogP contribution is 2.38. The second kappa shape index (κ2) is 5.27. The van der Waals surface area contributed by atoms with Crippen LogP contribution in [0, 0.1) is 0 Å². The highest BCUT2D eigenvalue weighted by atomic mass is 79.9. The van der Waals surface area contributed by atoms with Crippen LogP contribution in [0.5, 0.6) is 0 Å². The third kappa shape index (κ3) is 2.65. The van der Waals surface area contributed by atoms with Crippen molar-refractivity contribution in [1.82, 2.24) is 5.32 Å². The first-order valence-corrected chi connectivity index (χ1v) is 8.23. The Kier molecular flexibility index (Phi) is 3.80. The number of hydrogen-bond donors (Lipinski definition) is 1. The molecule has 2 aliphatic rings. The quantitative estimate of drug-likeness (QED) is 0.821. The molecule has 0 radical (unpaired) electrons. The average Bonchev–Trinajstić information content (AvgIpc) is 2.84. The highest BCUT2D eigenvalue weighted by Gasteiger charge is 2.40. The van der Waals surface area contributed by atoms with Gasteiger partial charge in [-0.05, 0) is 38.0 Å². The second-order valence-electron chi connectivity index (χ2n) is 5.94. The number of nitrogens with zero attached hydrogens (tertiary/aromatic N) is 1. The van der Waals surface area contributed by atoms with E-state index in [1.54, 1.807) is 0 Å². The van der Waals surface area contributed by atoms with E-state index in [2.05, 4.69) is 39.1 Å². The van der Waals surface area contributed by atoms with Gasteiger partial charge in [-0.15, -0.1) is 0 Å². The van der Waals surface area contributed by atoms with Crippen molar-refractivity contribution >= 4 is 33.2 Å². The Morgan fingerprint density at radius 3 is 2.84 bits per heavy atom. The predicted octanol–water partition coefficient (Wildman–Crippen LogP) is 4.21. The van der Waals surface area contributed by atoms with Crippen LogP contribution in [-0.4, -0.2) is 24.7 Å². The van der Waals surface area contributed by atoms with Crippen LogP contribution in [0.2, 0.25) is 5.02 Å². The summed E-state index contributed by atoms with van der Waals surface area (Å²) >= 11 is 9.96. The summed E-state index contributed by atoms with van der Waals surface area (Å²) in [6.45, 7) is 4.39. The van der Waals surface area contributed by atoms with Crippen molar-refractivity contribution in [1.29, 1.82) is 0 Å². The van der Waals surface area contributed by atoms with E-state index in [1.807, 2.05) is 12.1 Å². The molecule has 1 spiro atoms. The fourth-order valence-electron chi connectivity index (χ4n) is 3.43. The topological polar surface area (TPSA) is 15.3 Å². The molecule has 4 heteroatoms. The smallest absolute Gasteiger partial charge is 0.0640 e. The zero-order chi connectivity index (χ0) is 13.5. The standard InChI is InChI=1S/C15H20BrClN2/c1-11-9-18-15(6-2-3-7-15)10-19(11)14-8-12(16)4-5-13(14)17/h4-5,8,11,18H,2-3,6-7,9-10H2,1H3. The van der Waals surface area contributed by atoms with Crippen molar-refractivity contribution in [3.63, 3.8) is 0 Å². The molecule has 1 saturated carbocycles. The molecule has 1 N–H and O–H groups in total. The van der Waals surface area contributed by atoms with E-state index >= 15 is 0 Å². The van der Waals surface area contributed by atoms with Crippen molar-refractivity contribution in [3.8, 4) is 0 Å². The predicted molar refractivity (Wildman–Crippen MR) is 85.2 cm³/mol. The zero-order valence-electron chi connectivity index (χ0n) is 11.3. The molecule has 19 heavy (non-hydrogen) atoms. The van der Waals surface area contributed by atoms with Crippen molar-refractivity contribution < 1.29 is 0 Å². The van der Waals surface area contributed by atoms with Crippen molar-refractivity contribution in [2.45, 2.75) is 44.2 Å². The highest BCUT2D eigenvalue weighted by molar-refractivity contribution is 9.10. The minimum atomic E-state index is 0.318. The van der Waals surface area contributed by atoms with Crippen molar-refractivity contribution in [2.24, 2.45) is 0 Å². The summed E-state index contributed by atoms with van der Waals surface area (Å²) < 4.78 is 1.10. The molecule has 1 unspecified atom stereocenters. The van der Waals surface area contributed by atoms with Gasteiger partial charge in [0.25, 0.3) is 0 Å². The van der Waals surface area contributed by atoms with Crippen LogP contribution in [0.4, 0.5) is 5.69 Å². The Hall–Kier alpha value is -0.250. The van der Waals surface area contributed by atoms with Gasteiger partial charge in [0, 0.05) is 29.1 Å². The van der Waals surface area contributed by atoms with E-state index in [0.29, 0.717) is 11.6 Å². The van der Waals surface area contributed by atoms with Gasteiger partial charge in [-0.1, -0.05) is 40.4 Å². The van der Waals surface area contributed by atoms with Gasteiger partial charge in [-0.3, -0.25) is 0 Å². The molecule has 1 aromatic rings. The lowest BCUT2D eigenvalue weighted by Crippen LogP contribution is -2.62. The number of rotatable bonds is 1. The van der Waals surface area contributed by atoms with Gasteiger partial charge in [0.15, 0.2) is 0 Å². The molecule has 3 rings (SSSR count). The van der Waals surface area contributed by atoms with Crippen LogP contribution >= 0.6 is 27.5 Å². The summed E-state index contributed by atoms with van der Waals surface area (Å²) in [5, 5.41) is 4.63. The van der Waals surface area contributed by atoms with Gasteiger partial charge in [0.2, 0.25) is 0 Å². The van der Waals surface area contributed by atoms with Crippen molar-refractivity contribution in [3.05, 3.63) is 27.7 Å². The molecule has 2 nitrogen and oxygen atoms in total. The molecule has 1 heterocycles. The first-order valence-electron chi connectivity index (χ1n) is 7.06. The van der Waals surface area contributed by atoms with Crippen LogP contribution in [0.3, 0.4) is 0 Å². The van der Waals surface area contributed by atoms with Gasteiger partial charge < -0.3 is 10.2 Å². The summed E-state index contributed by atoms with van der Waals surface area (Å²) in [5.41, 5.74) is 1.48. The Bertz CT molecular complexity index is 471. The number of halogens is 2. The van der Waals surface area contributed by atoms with Gasteiger partial charge >= 0.3 is 0 Å². The zero-order valence-corrected chi connectivity index (χ0v) is 13.6. The lowest BCUT2D eigenvalue weighted by atomic mass is 9.92. The molecule has 1 aliphatic heterocycles. The number of anilines is 1. The van der Waals surface area contributed by atoms with Gasteiger partial charge in [-0.25, -0.2) is 0 Å². The fourth-order valence-corrected chi connectivity index (χ4v) is 4.00. The second-order valence-corrected chi connectivity index (χ2v) is 7.26. The first kappa shape index (κ1) is 13.7. The maximum Gasteiger partial charge on any atom is 0.0640 e. The number of benzene rings is 1. The minimum absolute atomic E-state index is 0.318. The summed E-state index contributed by atoms with van der Waals surface area (Å²) in [6.07, 6.45) is 5.28. The first-order chi connectivity index (χ1) is 9.10. The Morgan fingerprint density at radius 1 is 1.37 bits per heavy atom. The molecule has 0 amide bonds. The average molecular weight is 344 g/mol. The Labute approximate surface area is 128 Å². The molecular formula is C15H20BrClN2. The lowest BCUT2D eigenvalue weighted by Gasteiger charge is -2.46.